The maximum absolute atomic E-state index is 9.72. The molecule has 0 spiro atoms. The van der Waals surface area contributed by atoms with Gasteiger partial charge in [0.1, 0.15) is 11.5 Å². The minimum absolute atomic E-state index is 0.133. The number of hydrogen-bond donors (Lipinski definition) is 3. The van der Waals surface area contributed by atoms with Gasteiger partial charge in [0.15, 0.2) is 0 Å². The van der Waals surface area contributed by atoms with Gasteiger partial charge in [-0.1, -0.05) is 19.3 Å². The van der Waals surface area contributed by atoms with E-state index in [4.69, 9.17) is 0 Å². The molecule has 0 amide bonds. The summed E-state index contributed by atoms with van der Waals surface area (Å²) < 4.78 is 0. The van der Waals surface area contributed by atoms with Crippen molar-refractivity contribution in [1.82, 2.24) is 0 Å². The lowest BCUT2D eigenvalue weighted by molar-refractivity contribution is 0.442. The molecule has 0 aromatic heterocycles. The van der Waals surface area contributed by atoms with Crippen LogP contribution in [0.25, 0.3) is 0 Å². The molecule has 1 aromatic carbocycles. The van der Waals surface area contributed by atoms with Crippen LogP contribution in [0.4, 0.5) is 5.69 Å². The summed E-state index contributed by atoms with van der Waals surface area (Å²) in [6, 6.07) is 3.67. The highest BCUT2D eigenvalue weighted by Gasteiger charge is 2.15. The predicted octanol–water partition coefficient (Wildman–Crippen LogP) is 3.15. The van der Waals surface area contributed by atoms with Crippen molar-refractivity contribution in [1.29, 1.82) is 0 Å². The minimum atomic E-state index is 0.133. The molecule has 0 heterocycles. The van der Waals surface area contributed by atoms with Gasteiger partial charge >= 0.3 is 0 Å². The van der Waals surface area contributed by atoms with Crippen LogP contribution in [-0.2, 0) is 0 Å². The van der Waals surface area contributed by atoms with Gasteiger partial charge < -0.3 is 15.5 Å². The van der Waals surface area contributed by atoms with E-state index in [9.17, 15) is 10.2 Å². The average Bonchev–Trinajstić information content (AvgIpc) is 2.27. The molecule has 16 heavy (non-hydrogen) atoms. The third-order valence-electron chi connectivity index (χ3n) is 3.28. The molecule has 3 nitrogen and oxygen atoms in total. The summed E-state index contributed by atoms with van der Waals surface area (Å²) in [5.41, 5.74) is 1.53. The Bertz CT molecular complexity index is 370. The summed E-state index contributed by atoms with van der Waals surface area (Å²) in [5.74, 6) is 0.278. The quantitative estimate of drug-likeness (QED) is 0.531. The fourth-order valence-corrected chi connectivity index (χ4v) is 2.27. The van der Waals surface area contributed by atoms with Crippen molar-refractivity contribution in [3.05, 3.63) is 17.7 Å². The van der Waals surface area contributed by atoms with E-state index in [0.717, 1.165) is 11.3 Å². The molecule has 3 heteroatoms. The number of aromatic hydroxyl groups is 2. The van der Waals surface area contributed by atoms with Crippen molar-refractivity contribution < 1.29 is 10.2 Å². The molecule has 0 atom stereocenters. The zero-order chi connectivity index (χ0) is 11.5. The normalized spacial score (nSPS) is 17.3. The molecule has 1 saturated carbocycles. The van der Waals surface area contributed by atoms with Crippen LogP contribution in [0, 0.1) is 6.92 Å². The summed E-state index contributed by atoms with van der Waals surface area (Å²) in [6.45, 7) is 1.83. The Hall–Kier alpha value is -1.38. The number of aryl methyl sites for hydroxylation is 1. The molecule has 88 valence electrons. The van der Waals surface area contributed by atoms with Gasteiger partial charge in [0.2, 0.25) is 0 Å². The Labute approximate surface area is 96.1 Å². The first-order chi connectivity index (χ1) is 7.66. The largest absolute Gasteiger partial charge is 0.508 e. The van der Waals surface area contributed by atoms with Gasteiger partial charge in [-0.3, -0.25) is 0 Å². The smallest absolute Gasteiger partial charge is 0.142 e. The van der Waals surface area contributed by atoms with E-state index in [1.807, 2.05) is 6.92 Å². The summed E-state index contributed by atoms with van der Waals surface area (Å²) >= 11 is 0. The second kappa shape index (κ2) is 4.64. The van der Waals surface area contributed by atoms with E-state index >= 15 is 0 Å². The van der Waals surface area contributed by atoms with Crippen molar-refractivity contribution in [2.75, 3.05) is 5.32 Å². The Morgan fingerprint density at radius 1 is 1.06 bits per heavy atom. The number of rotatable bonds is 2. The topological polar surface area (TPSA) is 52.5 Å². The molecule has 1 aliphatic rings. The van der Waals surface area contributed by atoms with Crippen molar-refractivity contribution in [2.24, 2.45) is 0 Å². The molecular formula is C13H19NO2. The highest BCUT2D eigenvalue weighted by Crippen LogP contribution is 2.32. The van der Waals surface area contributed by atoms with Crippen molar-refractivity contribution in [3.63, 3.8) is 0 Å². The molecule has 1 aliphatic carbocycles. The molecule has 0 unspecified atom stereocenters. The first kappa shape index (κ1) is 11.1. The zero-order valence-corrected chi connectivity index (χ0v) is 9.66. The monoisotopic (exact) mass is 221 g/mol. The fraction of sp³-hybridized carbons (Fsp3) is 0.538. The first-order valence-corrected chi connectivity index (χ1v) is 5.96. The fourth-order valence-electron chi connectivity index (χ4n) is 2.27. The summed E-state index contributed by atoms with van der Waals surface area (Å²) in [5, 5.41) is 22.5. The van der Waals surface area contributed by atoms with Crippen LogP contribution in [0.1, 0.15) is 37.7 Å². The van der Waals surface area contributed by atoms with E-state index in [-0.39, 0.29) is 11.5 Å². The lowest BCUT2D eigenvalue weighted by atomic mass is 9.95. The number of phenols is 2. The van der Waals surface area contributed by atoms with Gasteiger partial charge in [0, 0.05) is 12.1 Å². The third kappa shape index (κ3) is 2.40. The summed E-state index contributed by atoms with van der Waals surface area (Å²) in [6.07, 6.45) is 6.17. The third-order valence-corrected chi connectivity index (χ3v) is 3.28. The van der Waals surface area contributed by atoms with Gasteiger partial charge in [-0.05, 0) is 31.4 Å². The van der Waals surface area contributed by atoms with Gasteiger partial charge in [-0.2, -0.15) is 0 Å². The molecule has 0 saturated heterocycles. The van der Waals surface area contributed by atoms with Gasteiger partial charge in [0.25, 0.3) is 0 Å². The molecular weight excluding hydrogens is 202 g/mol. The molecule has 0 bridgehead atoms. The Kier molecular flexibility index (Phi) is 3.22. The van der Waals surface area contributed by atoms with Crippen molar-refractivity contribution in [2.45, 2.75) is 45.1 Å². The Morgan fingerprint density at radius 2 is 1.75 bits per heavy atom. The van der Waals surface area contributed by atoms with Crippen LogP contribution >= 0.6 is 0 Å². The van der Waals surface area contributed by atoms with Gasteiger partial charge in [0.05, 0.1) is 5.69 Å². The van der Waals surface area contributed by atoms with Crippen molar-refractivity contribution in [3.8, 4) is 11.5 Å². The van der Waals surface area contributed by atoms with E-state index in [2.05, 4.69) is 5.32 Å². The molecule has 0 aliphatic heterocycles. The van der Waals surface area contributed by atoms with E-state index in [1.165, 1.54) is 38.2 Å². The summed E-state index contributed by atoms with van der Waals surface area (Å²) in [4.78, 5) is 0. The van der Waals surface area contributed by atoms with Crippen LogP contribution in [0.3, 0.4) is 0 Å². The lowest BCUT2D eigenvalue weighted by Crippen LogP contribution is -2.22. The van der Waals surface area contributed by atoms with Crippen LogP contribution < -0.4 is 5.32 Å². The number of phenolic OH excluding ortho intramolecular Hbond substituents is 2. The molecule has 1 fully saturated rings. The second-order valence-corrected chi connectivity index (χ2v) is 4.64. The van der Waals surface area contributed by atoms with Crippen LogP contribution in [0.2, 0.25) is 0 Å². The highest BCUT2D eigenvalue weighted by molar-refractivity contribution is 5.61. The molecule has 1 aromatic rings. The lowest BCUT2D eigenvalue weighted by Gasteiger charge is -2.24. The van der Waals surface area contributed by atoms with E-state index in [0.29, 0.717) is 6.04 Å². The SMILES string of the molecule is Cc1cc(NC2CCCCC2)c(O)cc1O. The number of benzene rings is 1. The Morgan fingerprint density at radius 3 is 2.44 bits per heavy atom. The zero-order valence-electron chi connectivity index (χ0n) is 9.66. The van der Waals surface area contributed by atoms with E-state index < -0.39 is 0 Å². The predicted molar refractivity (Wildman–Crippen MR) is 65.0 cm³/mol. The van der Waals surface area contributed by atoms with Crippen LogP contribution in [0.15, 0.2) is 12.1 Å². The van der Waals surface area contributed by atoms with Crippen molar-refractivity contribution >= 4 is 5.69 Å². The van der Waals surface area contributed by atoms with E-state index in [1.54, 1.807) is 6.07 Å². The molecule has 3 N–H and O–H groups in total. The number of hydrogen-bond acceptors (Lipinski definition) is 3. The van der Waals surface area contributed by atoms with Crippen LogP contribution in [-0.4, -0.2) is 16.3 Å². The summed E-state index contributed by atoms with van der Waals surface area (Å²) in [7, 11) is 0. The average molecular weight is 221 g/mol. The van der Waals surface area contributed by atoms with Crippen LogP contribution in [0.5, 0.6) is 11.5 Å². The first-order valence-electron chi connectivity index (χ1n) is 5.96. The molecule has 0 radical (unpaired) electrons. The maximum Gasteiger partial charge on any atom is 0.142 e. The molecule has 2 rings (SSSR count). The second-order valence-electron chi connectivity index (χ2n) is 4.64. The number of anilines is 1. The highest BCUT2D eigenvalue weighted by atomic mass is 16.3. The number of nitrogens with one attached hydrogen (secondary N) is 1. The maximum atomic E-state index is 9.72. The van der Waals surface area contributed by atoms with Gasteiger partial charge in [-0.15, -0.1) is 0 Å². The standard InChI is InChI=1S/C13H19NO2/c1-9-7-11(13(16)8-12(9)15)14-10-5-3-2-4-6-10/h7-8,10,14-16H,2-6H2,1H3. The minimum Gasteiger partial charge on any atom is -0.508 e. The van der Waals surface area contributed by atoms with Gasteiger partial charge in [-0.25, -0.2) is 0 Å². The Balaban J connectivity index is 2.11.